The van der Waals surface area contributed by atoms with E-state index < -0.39 is 18.5 Å². The molecule has 2 N–H and O–H groups in total. The van der Waals surface area contributed by atoms with Gasteiger partial charge in [0.05, 0.1) is 0 Å². The summed E-state index contributed by atoms with van der Waals surface area (Å²) >= 11 is 0. The van der Waals surface area contributed by atoms with E-state index in [4.69, 9.17) is 4.74 Å². The van der Waals surface area contributed by atoms with Gasteiger partial charge in [-0.3, -0.25) is 4.79 Å². The SMILES string of the molecule is O=C(COC(=O)c1cc2ccccc2cc1O)NCc1ccc(F)cc1. The van der Waals surface area contributed by atoms with E-state index in [9.17, 15) is 19.1 Å². The second kappa shape index (κ2) is 7.65. The second-order valence-electron chi connectivity index (χ2n) is 5.70. The van der Waals surface area contributed by atoms with E-state index in [0.717, 1.165) is 16.3 Å². The zero-order chi connectivity index (χ0) is 18.5. The predicted octanol–water partition coefficient (Wildman–Crippen LogP) is 3.16. The van der Waals surface area contributed by atoms with Crippen molar-refractivity contribution in [2.75, 3.05) is 6.61 Å². The molecule has 0 bridgehead atoms. The number of carbonyl (C=O) groups excluding carboxylic acids is 2. The fourth-order valence-corrected chi connectivity index (χ4v) is 2.45. The van der Waals surface area contributed by atoms with Crippen LogP contribution in [-0.4, -0.2) is 23.6 Å². The smallest absolute Gasteiger partial charge is 0.342 e. The highest BCUT2D eigenvalue weighted by atomic mass is 19.1. The van der Waals surface area contributed by atoms with Crippen LogP contribution in [0.2, 0.25) is 0 Å². The lowest BCUT2D eigenvalue weighted by molar-refractivity contribution is -0.124. The summed E-state index contributed by atoms with van der Waals surface area (Å²) in [5, 5.41) is 14.1. The van der Waals surface area contributed by atoms with Gasteiger partial charge in [-0.25, -0.2) is 9.18 Å². The van der Waals surface area contributed by atoms with Crippen molar-refractivity contribution in [3.05, 3.63) is 77.6 Å². The van der Waals surface area contributed by atoms with Crippen LogP contribution in [-0.2, 0) is 16.1 Å². The summed E-state index contributed by atoms with van der Waals surface area (Å²) in [6.07, 6.45) is 0. The number of hydrogen-bond acceptors (Lipinski definition) is 4. The summed E-state index contributed by atoms with van der Waals surface area (Å²) in [6.45, 7) is -0.288. The number of carbonyl (C=O) groups is 2. The third kappa shape index (κ3) is 4.16. The number of amides is 1. The number of phenolic OH excluding ortho intramolecular Hbond substituents is 1. The average molecular weight is 353 g/mol. The third-order valence-electron chi connectivity index (χ3n) is 3.82. The molecule has 3 aromatic carbocycles. The molecule has 1 amide bonds. The van der Waals surface area contributed by atoms with Gasteiger partial charge in [-0.2, -0.15) is 0 Å². The van der Waals surface area contributed by atoms with Crippen LogP contribution in [0.3, 0.4) is 0 Å². The Morgan fingerprint density at radius 2 is 1.65 bits per heavy atom. The minimum Gasteiger partial charge on any atom is -0.507 e. The van der Waals surface area contributed by atoms with Crippen molar-refractivity contribution >= 4 is 22.6 Å². The fraction of sp³-hybridized carbons (Fsp3) is 0.100. The van der Waals surface area contributed by atoms with Gasteiger partial charge in [0.2, 0.25) is 0 Å². The number of halogens is 1. The van der Waals surface area contributed by atoms with Crippen LogP contribution >= 0.6 is 0 Å². The summed E-state index contributed by atoms with van der Waals surface area (Å²) in [5.41, 5.74) is 0.716. The largest absolute Gasteiger partial charge is 0.507 e. The molecule has 132 valence electrons. The molecule has 0 saturated heterocycles. The summed E-state index contributed by atoms with van der Waals surface area (Å²) in [5.74, 6) is -1.85. The number of esters is 1. The molecule has 0 aliphatic heterocycles. The van der Waals surface area contributed by atoms with E-state index in [1.165, 1.54) is 24.3 Å². The molecule has 5 nitrogen and oxygen atoms in total. The van der Waals surface area contributed by atoms with Gasteiger partial charge in [-0.1, -0.05) is 36.4 Å². The maximum atomic E-state index is 12.8. The van der Waals surface area contributed by atoms with Crippen molar-refractivity contribution in [1.29, 1.82) is 0 Å². The van der Waals surface area contributed by atoms with E-state index in [0.29, 0.717) is 0 Å². The highest BCUT2D eigenvalue weighted by Crippen LogP contribution is 2.25. The summed E-state index contributed by atoms with van der Waals surface area (Å²) in [4.78, 5) is 23.9. The van der Waals surface area contributed by atoms with Crippen LogP contribution in [0.4, 0.5) is 4.39 Å². The monoisotopic (exact) mass is 353 g/mol. The Hall–Kier alpha value is -3.41. The van der Waals surface area contributed by atoms with Crippen LogP contribution in [0.5, 0.6) is 5.75 Å². The zero-order valence-corrected chi connectivity index (χ0v) is 13.7. The first-order chi connectivity index (χ1) is 12.5. The molecular formula is C20H16FNO4. The molecule has 0 unspecified atom stereocenters. The van der Waals surface area contributed by atoms with Gasteiger partial charge in [0.15, 0.2) is 6.61 Å². The summed E-state index contributed by atoms with van der Waals surface area (Å²) < 4.78 is 17.8. The second-order valence-corrected chi connectivity index (χ2v) is 5.70. The highest BCUT2D eigenvalue weighted by Gasteiger charge is 2.15. The van der Waals surface area contributed by atoms with E-state index in [1.54, 1.807) is 18.2 Å². The molecule has 0 saturated carbocycles. The maximum Gasteiger partial charge on any atom is 0.342 e. The molecule has 0 heterocycles. The van der Waals surface area contributed by atoms with Gasteiger partial charge in [0, 0.05) is 6.54 Å². The first kappa shape index (κ1) is 17.4. The van der Waals surface area contributed by atoms with Crippen molar-refractivity contribution < 1.29 is 23.8 Å². The van der Waals surface area contributed by atoms with Crippen molar-refractivity contribution in [3.8, 4) is 5.75 Å². The number of rotatable bonds is 5. The Labute approximate surface area is 149 Å². The summed E-state index contributed by atoms with van der Waals surface area (Å²) in [7, 11) is 0. The van der Waals surface area contributed by atoms with Crippen molar-refractivity contribution in [2.24, 2.45) is 0 Å². The van der Waals surface area contributed by atoms with Crippen molar-refractivity contribution in [2.45, 2.75) is 6.54 Å². The molecule has 0 spiro atoms. The number of aromatic hydroxyl groups is 1. The van der Waals surface area contributed by atoms with Crippen LogP contribution in [0.25, 0.3) is 10.8 Å². The molecule has 3 aromatic rings. The Balaban J connectivity index is 1.57. The Kier molecular flexibility index (Phi) is 5.12. The highest BCUT2D eigenvalue weighted by molar-refractivity contribution is 5.99. The lowest BCUT2D eigenvalue weighted by Crippen LogP contribution is -2.28. The number of benzene rings is 3. The van der Waals surface area contributed by atoms with Crippen LogP contribution < -0.4 is 5.32 Å². The summed E-state index contributed by atoms with van der Waals surface area (Å²) in [6, 6.07) is 15.9. The molecule has 26 heavy (non-hydrogen) atoms. The van der Waals surface area contributed by atoms with E-state index >= 15 is 0 Å². The Morgan fingerprint density at radius 3 is 2.35 bits per heavy atom. The van der Waals surface area contributed by atoms with Crippen molar-refractivity contribution in [3.63, 3.8) is 0 Å². The van der Waals surface area contributed by atoms with Gasteiger partial charge < -0.3 is 15.2 Å². The van der Waals surface area contributed by atoms with Gasteiger partial charge in [0.1, 0.15) is 17.1 Å². The number of phenols is 1. The average Bonchev–Trinajstić information content (AvgIpc) is 2.65. The van der Waals surface area contributed by atoms with Gasteiger partial charge in [-0.15, -0.1) is 0 Å². The molecule has 0 aliphatic rings. The third-order valence-corrected chi connectivity index (χ3v) is 3.82. The van der Waals surface area contributed by atoms with Crippen LogP contribution in [0.15, 0.2) is 60.7 Å². The number of ether oxygens (including phenoxy) is 1. The van der Waals surface area contributed by atoms with E-state index in [-0.39, 0.29) is 23.7 Å². The number of hydrogen-bond donors (Lipinski definition) is 2. The van der Waals surface area contributed by atoms with Gasteiger partial charge in [0.25, 0.3) is 5.91 Å². The van der Waals surface area contributed by atoms with Gasteiger partial charge in [-0.05, 0) is 40.6 Å². The number of fused-ring (bicyclic) bond motifs is 1. The molecule has 0 fully saturated rings. The fourth-order valence-electron chi connectivity index (χ4n) is 2.45. The normalized spacial score (nSPS) is 10.5. The molecule has 0 atom stereocenters. The standard InChI is InChI=1S/C20H16FNO4/c21-16-7-5-13(6-8-16)11-22-19(24)12-26-20(25)17-9-14-3-1-2-4-15(14)10-18(17)23/h1-10,23H,11-12H2,(H,22,24). The molecule has 6 heteroatoms. The Bertz CT molecular complexity index is 954. The minimum atomic E-state index is -0.787. The predicted molar refractivity (Wildman–Crippen MR) is 94.1 cm³/mol. The lowest BCUT2D eigenvalue weighted by Gasteiger charge is -2.09. The quantitative estimate of drug-likeness (QED) is 0.691. The lowest BCUT2D eigenvalue weighted by atomic mass is 10.1. The first-order valence-electron chi connectivity index (χ1n) is 7.93. The van der Waals surface area contributed by atoms with Crippen LogP contribution in [0, 0.1) is 5.82 Å². The maximum absolute atomic E-state index is 12.8. The number of nitrogens with one attached hydrogen (secondary N) is 1. The van der Waals surface area contributed by atoms with Crippen molar-refractivity contribution in [1.82, 2.24) is 5.32 Å². The zero-order valence-electron chi connectivity index (χ0n) is 13.7. The first-order valence-corrected chi connectivity index (χ1v) is 7.93. The Morgan fingerprint density at radius 1 is 1.00 bits per heavy atom. The van der Waals surface area contributed by atoms with Gasteiger partial charge >= 0.3 is 5.97 Å². The van der Waals surface area contributed by atoms with Crippen LogP contribution in [0.1, 0.15) is 15.9 Å². The van der Waals surface area contributed by atoms with E-state index in [1.807, 2.05) is 18.2 Å². The molecule has 0 aliphatic carbocycles. The topological polar surface area (TPSA) is 75.6 Å². The minimum absolute atomic E-state index is 0.00460. The molecule has 0 aromatic heterocycles. The molecule has 3 rings (SSSR count). The van der Waals surface area contributed by atoms with E-state index in [2.05, 4.69) is 5.32 Å². The molecular weight excluding hydrogens is 337 g/mol. The molecule has 0 radical (unpaired) electrons.